The molecule has 0 spiro atoms. The highest BCUT2D eigenvalue weighted by molar-refractivity contribution is 5.67. The van der Waals surface area contributed by atoms with E-state index in [0.717, 1.165) is 76.3 Å². The van der Waals surface area contributed by atoms with Crippen molar-refractivity contribution in [3.8, 4) is 5.75 Å². The Labute approximate surface area is 232 Å². The van der Waals surface area contributed by atoms with Crippen LogP contribution in [-0.4, -0.2) is 0 Å². The highest BCUT2D eigenvalue weighted by Crippen LogP contribution is 2.43. The third-order valence-electron chi connectivity index (χ3n) is 9.60. The second kappa shape index (κ2) is 11.9. The fourth-order valence-electron chi connectivity index (χ4n) is 6.25. The second-order valence-electron chi connectivity index (χ2n) is 11.7. The Hall–Kier alpha value is -2.56. The summed E-state index contributed by atoms with van der Waals surface area (Å²) in [7, 11) is 0. The Kier molecular flexibility index (Phi) is 9.45. The summed E-state index contributed by atoms with van der Waals surface area (Å²) in [6.07, 6.45) is 2.45. The van der Waals surface area contributed by atoms with Crippen LogP contribution in [0, 0.1) is 74.1 Å². The van der Waals surface area contributed by atoms with Crippen LogP contribution in [0.5, 0.6) is 5.75 Å². The van der Waals surface area contributed by atoms with Crippen LogP contribution in [0.1, 0.15) is 100 Å². The molecule has 0 amide bonds. The van der Waals surface area contributed by atoms with E-state index in [2.05, 4.69) is 13.0 Å². The van der Waals surface area contributed by atoms with E-state index in [0.29, 0.717) is 29.4 Å². The van der Waals surface area contributed by atoms with Crippen LogP contribution in [0.2, 0.25) is 0 Å². The molecule has 3 rings (SSSR count). The maximum absolute atomic E-state index is 15.9. The molecule has 0 aliphatic heterocycles. The van der Waals surface area contributed by atoms with Crippen molar-refractivity contribution in [2.45, 2.75) is 107 Å². The van der Waals surface area contributed by atoms with Gasteiger partial charge in [0.05, 0.1) is 5.56 Å². The predicted octanol–water partition coefficient (Wildman–Crippen LogP) is 11.0. The third-order valence-corrected chi connectivity index (χ3v) is 9.60. The van der Waals surface area contributed by atoms with Crippen molar-refractivity contribution in [1.82, 2.24) is 0 Å². The first-order valence-corrected chi connectivity index (χ1v) is 14.0. The van der Waals surface area contributed by atoms with Crippen molar-refractivity contribution >= 4 is 6.08 Å². The molecular weight excluding hydrogens is 500 g/mol. The minimum absolute atomic E-state index is 0.0441. The zero-order valence-corrected chi connectivity index (χ0v) is 25.3. The largest absolute Gasteiger partial charge is 0.428 e. The van der Waals surface area contributed by atoms with Gasteiger partial charge in [-0.25, -0.2) is 0 Å². The van der Waals surface area contributed by atoms with Gasteiger partial charge in [-0.15, -0.1) is 0 Å². The van der Waals surface area contributed by atoms with E-state index in [-0.39, 0.29) is 11.3 Å². The number of alkyl halides is 2. The van der Waals surface area contributed by atoms with Crippen LogP contribution in [-0.2, 0) is 6.11 Å². The number of ether oxygens (including phenoxy) is 1. The van der Waals surface area contributed by atoms with Crippen LogP contribution in [0.4, 0.5) is 17.6 Å². The lowest BCUT2D eigenvalue weighted by Gasteiger charge is -2.29. The smallest absolute Gasteiger partial charge is 0.427 e. The molecule has 1 aliphatic rings. The molecule has 1 nitrogen and oxygen atoms in total. The van der Waals surface area contributed by atoms with Crippen molar-refractivity contribution in [1.29, 1.82) is 0 Å². The van der Waals surface area contributed by atoms with Crippen molar-refractivity contribution in [3.05, 3.63) is 78.9 Å². The molecule has 0 saturated heterocycles. The fourth-order valence-corrected chi connectivity index (χ4v) is 6.25. The maximum Gasteiger partial charge on any atom is 0.427 e. The Balaban J connectivity index is 1.93. The number of hydrogen-bond acceptors (Lipinski definition) is 1. The predicted molar refractivity (Wildman–Crippen MR) is 154 cm³/mol. The highest BCUT2D eigenvalue weighted by Gasteiger charge is 2.40. The zero-order chi connectivity index (χ0) is 29.4. The molecule has 0 atom stereocenters. The van der Waals surface area contributed by atoms with Crippen molar-refractivity contribution in [2.75, 3.05) is 0 Å². The number of halogens is 4. The SMILES string of the molecule is C/C(=C\c1c(C)c(C)c(OC(F)(F)c2c(C)c(C)c(C)c(C)c2C)c(C)c1C)C1CCC(CC=C(F)F)CC1. The van der Waals surface area contributed by atoms with Gasteiger partial charge in [-0.1, -0.05) is 11.6 Å². The van der Waals surface area contributed by atoms with Gasteiger partial charge in [0.1, 0.15) is 5.75 Å². The molecule has 2 aromatic carbocycles. The zero-order valence-electron chi connectivity index (χ0n) is 25.3. The Morgan fingerprint density at radius 2 is 1.18 bits per heavy atom. The topological polar surface area (TPSA) is 9.23 Å². The first-order valence-electron chi connectivity index (χ1n) is 14.0. The number of allylic oxidation sites excluding steroid dienone is 2. The quantitative estimate of drug-likeness (QED) is 0.315. The monoisotopic (exact) mass is 544 g/mol. The average molecular weight is 545 g/mol. The number of benzene rings is 2. The van der Waals surface area contributed by atoms with Gasteiger partial charge in [0.25, 0.3) is 6.08 Å². The van der Waals surface area contributed by atoms with Gasteiger partial charge in [-0.2, -0.15) is 17.6 Å². The van der Waals surface area contributed by atoms with E-state index < -0.39 is 12.2 Å². The molecule has 5 heteroatoms. The Bertz CT molecular complexity index is 1250. The van der Waals surface area contributed by atoms with E-state index in [1.807, 2.05) is 48.5 Å². The summed E-state index contributed by atoms with van der Waals surface area (Å²) < 4.78 is 62.3. The molecule has 214 valence electrons. The van der Waals surface area contributed by atoms with Crippen molar-refractivity contribution in [3.63, 3.8) is 0 Å². The summed E-state index contributed by atoms with van der Waals surface area (Å²) in [5, 5.41) is 0. The van der Waals surface area contributed by atoms with Crippen LogP contribution in [0.25, 0.3) is 6.08 Å². The molecule has 2 aromatic rings. The molecule has 0 heterocycles. The summed E-state index contributed by atoms with van der Waals surface area (Å²) >= 11 is 0. The minimum atomic E-state index is -3.47. The molecule has 39 heavy (non-hydrogen) atoms. The molecule has 0 aromatic heterocycles. The molecule has 1 saturated carbocycles. The van der Waals surface area contributed by atoms with E-state index in [4.69, 9.17) is 4.74 Å². The summed E-state index contributed by atoms with van der Waals surface area (Å²) in [5.41, 5.74) is 9.48. The van der Waals surface area contributed by atoms with Gasteiger partial charge in [-0.05, 0) is 175 Å². The van der Waals surface area contributed by atoms with Crippen LogP contribution >= 0.6 is 0 Å². The molecular formula is C34H44F4O. The van der Waals surface area contributed by atoms with Gasteiger partial charge >= 0.3 is 6.11 Å². The molecule has 0 bridgehead atoms. The van der Waals surface area contributed by atoms with Gasteiger partial charge in [0.2, 0.25) is 0 Å². The van der Waals surface area contributed by atoms with E-state index in [9.17, 15) is 8.78 Å². The summed E-state index contributed by atoms with van der Waals surface area (Å²) in [6, 6.07) is 0. The Morgan fingerprint density at radius 1 is 0.718 bits per heavy atom. The molecule has 1 aliphatic carbocycles. The first kappa shape index (κ1) is 31.0. The summed E-state index contributed by atoms with van der Waals surface area (Å²) in [4.78, 5) is 0. The first-order chi connectivity index (χ1) is 18.1. The van der Waals surface area contributed by atoms with Crippen molar-refractivity contribution < 1.29 is 22.3 Å². The number of rotatable bonds is 7. The minimum Gasteiger partial charge on any atom is -0.428 e. The van der Waals surface area contributed by atoms with Gasteiger partial charge in [0.15, 0.2) is 0 Å². The van der Waals surface area contributed by atoms with Crippen LogP contribution in [0.15, 0.2) is 17.7 Å². The lowest BCUT2D eigenvalue weighted by molar-refractivity contribution is -0.186. The third kappa shape index (κ3) is 6.28. The van der Waals surface area contributed by atoms with Gasteiger partial charge in [-0.3, -0.25) is 0 Å². The summed E-state index contributed by atoms with van der Waals surface area (Å²) in [6.45, 7) is 19.0. The maximum atomic E-state index is 15.9. The molecule has 0 N–H and O–H groups in total. The van der Waals surface area contributed by atoms with Gasteiger partial charge in [0, 0.05) is 0 Å². The van der Waals surface area contributed by atoms with Crippen molar-refractivity contribution in [2.24, 2.45) is 11.8 Å². The average Bonchev–Trinajstić information content (AvgIpc) is 2.89. The summed E-state index contributed by atoms with van der Waals surface area (Å²) in [5.74, 6) is 0.960. The lowest BCUT2D eigenvalue weighted by atomic mass is 9.77. The van der Waals surface area contributed by atoms with E-state index in [1.54, 1.807) is 13.8 Å². The molecule has 0 radical (unpaired) electrons. The lowest BCUT2D eigenvalue weighted by Crippen LogP contribution is -2.27. The number of hydrogen-bond donors (Lipinski definition) is 0. The second-order valence-corrected chi connectivity index (χ2v) is 11.7. The van der Waals surface area contributed by atoms with Gasteiger partial charge < -0.3 is 4.74 Å². The Morgan fingerprint density at radius 3 is 1.64 bits per heavy atom. The van der Waals surface area contributed by atoms with Crippen LogP contribution in [0.3, 0.4) is 0 Å². The standard InChI is InChI=1S/C34H44F4O/c1-18(29-14-11-28(12-15-29)13-16-31(35)36)17-30-22(5)26(9)33(27(10)23(30)6)39-34(37,38)32-24(7)20(3)19(2)21(4)25(32)8/h16-17,28-29H,11-15H2,1-10H3/b18-17+. The highest BCUT2D eigenvalue weighted by atomic mass is 19.3. The van der Waals surface area contributed by atoms with Crippen LogP contribution < -0.4 is 4.74 Å². The molecule has 0 unspecified atom stereocenters. The molecule has 1 fully saturated rings. The fraction of sp³-hybridized carbons (Fsp3) is 0.529. The van der Waals surface area contributed by atoms with E-state index in [1.165, 1.54) is 5.57 Å². The van der Waals surface area contributed by atoms with E-state index >= 15 is 8.78 Å². The normalized spacial score (nSPS) is 18.4.